The van der Waals surface area contributed by atoms with Crippen LogP contribution in [0.15, 0.2) is 71.6 Å². The molecule has 38 heavy (non-hydrogen) atoms. The molecule has 1 aliphatic heterocycles. The summed E-state index contributed by atoms with van der Waals surface area (Å²) in [6, 6.07) is 19.1. The fraction of sp³-hybridized carbons (Fsp3) is 0.367. The summed E-state index contributed by atoms with van der Waals surface area (Å²) in [5, 5.41) is 0. The Morgan fingerprint density at radius 3 is 2.37 bits per heavy atom. The maximum absolute atomic E-state index is 13.8. The first-order chi connectivity index (χ1) is 18.2. The second-order valence-corrected chi connectivity index (χ2v) is 11.8. The Labute approximate surface area is 224 Å². The SMILES string of the molecule is COc1cccc(S(=O)(=O)Oc2ccc3c(c2)OC2(CCCCC2)N(Cc2ccc(C(C)C)cc2)C3=O)c1. The number of hydrogen-bond acceptors (Lipinski definition) is 6. The molecule has 0 saturated heterocycles. The number of carbonyl (C=O) groups is 1. The van der Waals surface area contributed by atoms with Gasteiger partial charge in [0.1, 0.15) is 22.1 Å². The molecule has 7 nitrogen and oxygen atoms in total. The lowest BCUT2D eigenvalue weighted by Crippen LogP contribution is -2.59. The van der Waals surface area contributed by atoms with Crippen LogP contribution in [0.25, 0.3) is 0 Å². The number of fused-ring (bicyclic) bond motifs is 1. The van der Waals surface area contributed by atoms with Crippen LogP contribution in [0.5, 0.6) is 17.2 Å². The molecular weight excluding hydrogens is 502 g/mol. The zero-order valence-corrected chi connectivity index (χ0v) is 22.8. The van der Waals surface area contributed by atoms with Crippen LogP contribution in [0.2, 0.25) is 0 Å². The first kappa shape index (κ1) is 26.1. The highest BCUT2D eigenvalue weighted by atomic mass is 32.2. The number of rotatable bonds is 7. The minimum Gasteiger partial charge on any atom is -0.497 e. The van der Waals surface area contributed by atoms with Crippen LogP contribution in [0.3, 0.4) is 0 Å². The molecule has 1 aliphatic carbocycles. The molecule has 5 rings (SSSR count). The molecule has 0 atom stereocenters. The smallest absolute Gasteiger partial charge is 0.339 e. The van der Waals surface area contributed by atoms with Gasteiger partial charge >= 0.3 is 10.1 Å². The highest BCUT2D eigenvalue weighted by molar-refractivity contribution is 7.87. The fourth-order valence-corrected chi connectivity index (χ4v) is 6.18. The summed E-state index contributed by atoms with van der Waals surface area (Å²) >= 11 is 0. The standard InChI is InChI=1S/C30H33NO6S/c1-21(2)23-12-10-22(11-13-23)20-31-29(32)27-15-14-25(19-28(27)36-30(31)16-5-4-6-17-30)37-38(33,34)26-9-7-8-24(18-26)35-3/h7-15,18-19,21H,4-6,16-17,20H2,1-3H3. The van der Waals surface area contributed by atoms with Crippen LogP contribution < -0.4 is 13.7 Å². The van der Waals surface area contributed by atoms with Crippen LogP contribution in [-0.2, 0) is 16.7 Å². The first-order valence-corrected chi connectivity index (χ1v) is 14.4. The van der Waals surface area contributed by atoms with Gasteiger partial charge in [0.2, 0.25) is 0 Å². The van der Waals surface area contributed by atoms with Crippen molar-refractivity contribution in [2.24, 2.45) is 0 Å². The van der Waals surface area contributed by atoms with Crippen molar-refractivity contribution >= 4 is 16.0 Å². The average Bonchev–Trinajstić information content (AvgIpc) is 2.91. The molecule has 0 N–H and O–H groups in total. The van der Waals surface area contributed by atoms with E-state index in [9.17, 15) is 13.2 Å². The van der Waals surface area contributed by atoms with Crippen molar-refractivity contribution in [3.05, 3.63) is 83.4 Å². The van der Waals surface area contributed by atoms with Crippen molar-refractivity contribution in [3.8, 4) is 17.2 Å². The molecule has 1 spiro atoms. The predicted molar refractivity (Wildman–Crippen MR) is 144 cm³/mol. The normalized spacial score (nSPS) is 16.7. The maximum Gasteiger partial charge on any atom is 0.339 e. The summed E-state index contributed by atoms with van der Waals surface area (Å²) in [7, 11) is -2.64. The van der Waals surface area contributed by atoms with Crippen molar-refractivity contribution in [2.45, 2.75) is 69.0 Å². The molecule has 0 unspecified atom stereocenters. The Morgan fingerprint density at radius 2 is 1.68 bits per heavy atom. The second kappa shape index (κ2) is 10.3. The Hall–Kier alpha value is -3.52. The summed E-state index contributed by atoms with van der Waals surface area (Å²) in [5.41, 5.74) is 1.92. The van der Waals surface area contributed by atoms with Gasteiger partial charge in [0.15, 0.2) is 5.72 Å². The lowest BCUT2D eigenvalue weighted by molar-refractivity contribution is -0.103. The molecule has 3 aromatic rings. The molecular formula is C30H33NO6S. The van der Waals surface area contributed by atoms with Gasteiger partial charge in [-0.1, -0.05) is 50.6 Å². The van der Waals surface area contributed by atoms with Crippen LogP contribution >= 0.6 is 0 Å². The third kappa shape index (κ3) is 5.10. The molecule has 3 aromatic carbocycles. The summed E-state index contributed by atoms with van der Waals surface area (Å²) in [6.07, 6.45) is 4.42. The van der Waals surface area contributed by atoms with Gasteiger partial charge < -0.3 is 13.7 Å². The second-order valence-electron chi connectivity index (χ2n) is 10.3. The van der Waals surface area contributed by atoms with E-state index in [1.165, 1.54) is 36.9 Å². The number of nitrogens with zero attached hydrogens (tertiary/aromatic N) is 1. The van der Waals surface area contributed by atoms with Gasteiger partial charge in [-0.05, 0) is 54.2 Å². The van der Waals surface area contributed by atoms with Gasteiger partial charge in [-0.3, -0.25) is 9.69 Å². The average molecular weight is 536 g/mol. The van der Waals surface area contributed by atoms with E-state index in [1.807, 2.05) is 4.90 Å². The van der Waals surface area contributed by atoms with Crippen molar-refractivity contribution < 1.29 is 26.9 Å². The number of ether oxygens (including phenoxy) is 2. The minimum absolute atomic E-state index is 0.0232. The number of methoxy groups -OCH3 is 1. The van der Waals surface area contributed by atoms with E-state index < -0.39 is 15.8 Å². The Bertz CT molecular complexity index is 1430. The lowest BCUT2D eigenvalue weighted by Gasteiger charge is -2.49. The molecule has 1 saturated carbocycles. The third-order valence-corrected chi connectivity index (χ3v) is 8.62. The fourth-order valence-electron chi connectivity index (χ4n) is 5.22. The number of amides is 1. The van der Waals surface area contributed by atoms with Gasteiger partial charge in [-0.15, -0.1) is 0 Å². The van der Waals surface area contributed by atoms with Crippen molar-refractivity contribution in [1.82, 2.24) is 4.90 Å². The zero-order valence-electron chi connectivity index (χ0n) is 22.0. The minimum atomic E-state index is -4.11. The molecule has 1 amide bonds. The largest absolute Gasteiger partial charge is 0.497 e. The van der Waals surface area contributed by atoms with Gasteiger partial charge in [0, 0.05) is 31.5 Å². The first-order valence-electron chi connectivity index (χ1n) is 13.0. The maximum atomic E-state index is 13.8. The van der Waals surface area contributed by atoms with Crippen molar-refractivity contribution in [1.29, 1.82) is 0 Å². The van der Waals surface area contributed by atoms with Crippen molar-refractivity contribution in [2.75, 3.05) is 7.11 Å². The summed E-state index contributed by atoms with van der Waals surface area (Å²) in [6.45, 7) is 4.76. The summed E-state index contributed by atoms with van der Waals surface area (Å²) < 4.78 is 43.0. The Kier molecular flexibility index (Phi) is 7.09. The van der Waals surface area contributed by atoms with Crippen LogP contribution in [0.1, 0.15) is 73.4 Å². The van der Waals surface area contributed by atoms with E-state index in [1.54, 1.807) is 18.2 Å². The van der Waals surface area contributed by atoms with E-state index in [-0.39, 0.29) is 16.6 Å². The molecule has 1 fully saturated rings. The van der Waals surface area contributed by atoms with E-state index in [0.717, 1.165) is 37.7 Å². The van der Waals surface area contributed by atoms with Gasteiger partial charge in [-0.2, -0.15) is 8.42 Å². The molecule has 8 heteroatoms. The van der Waals surface area contributed by atoms with Crippen LogP contribution in [-0.4, -0.2) is 32.1 Å². The highest BCUT2D eigenvalue weighted by Gasteiger charge is 2.47. The zero-order chi connectivity index (χ0) is 26.9. The number of carbonyl (C=O) groups excluding carboxylic acids is 1. The molecule has 0 radical (unpaired) electrons. The third-order valence-electron chi connectivity index (χ3n) is 7.38. The van der Waals surface area contributed by atoms with E-state index in [2.05, 4.69) is 38.1 Å². The lowest BCUT2D eigenvalue weighted by atomic mass is 9.87. The van der Waals surface area contributed by atoms with E-state index in [0.29, 0.717) is 29.5 Å². The molecule has 1 heterocycles. The Balaban J connectivity index is 1.44. The highest BCUT2D eigenvalue weighted by Crippen LogP contribution is 2.44. The quantitative estimate of drug-likeness (QED) is 0.331. The van der Waals surface area contributed by atoms with Crippen LogP contribution in [0, 0.1) is 0 Å². The number of hydrogen-bond donors (Lipinski definition) is 0. The molecule has 2 aliphatic rings. The topological polar surface area (TPSA) is 82.1 Å². The van der Waals surface area contributed by atoms with Gasteiger partial charge in [0.25, 0.3) is 5.91 Å². The van der Waals surface area contributed by atoms with E-state index in [4.69, 9.17) is 13.7 Å². The van der Waals surface area contributed by atoms with E-state index >= 15 is 0 Å². The summed E-state index contributed by atoms with van der Waals surface area (Å²) in [4.78, 5) is 15.7. The van der Waals surface area contributed by atoms with Crippen LogP contribution in [0.4, 0.5) is 0 Å². The van der Waals surface area contributed by atoms with Gasteiger partial charge in [-0.25, -0.2) is 0 Å². The number of benzene rings is 3. The molecule has 200 valence electrons. The monoisotopic (exact) mass is 535 g/mol. The molecule has 0 bridgehead atoms. The summed E-state index contributed by atoms with van der Waals surface area (Å²) in [5.74, 6) is 1.16. The van der Waals surface area contributed by atoms with Gasteiger partial charge in [0.05, 0.1) is 12.7 Å². The molecule has 0 aromatic heterocycles. The van der Waals surface area contributed by atoms with Crippen molar-refractivity contribution in [3.63, 3.8) is 0 Å². The Morgan fingerprint density at radius 1 is 0.947 bits per heavy atom. The predicted octanol–water partition coefficient (Wildman–Crippen LogP) is 6.28.